The van der Waals surface area contributed by atoms with Crippen LogP contribution < -0.4 is 5.73 Å². The van der Waals surface area contributed by atoms with Crippen LogP contribution in [0.25, 0.3) is 0 Å². The fraction of sp³-hybridized carbons (Fsp3) is 0.571. The molecular weight excluding hydrogens is 342 g/mol. The Labute approximate surface area is 128 Å². The molecule has 1 fully saturated rings. The van der Waals surface area contributed by atoms with Gasteiger partial charge in [0.2, 0.25) is 0 Å². The zero-order valence-electron chi connectivity index (χ0n) is 11.4. The van der Waals surface area contributed by atoms with E-state index in [4.69, 9.17) is 5.73 Å². The summed E-state index contributed by atoms with van der Waals surface area (Å²) in [4.78, 5) is 0. The number of rotatable bonds is 3. The van der Waals surface area contributed by atoms with Crippen molar-refractivity contribution in [3.8, 4) is 0 Å². The fourth-order valence-electron chi connectivity index (χ4n) is 2.91. The maximum Gasteiger partial charge on any atom is 0.150 e. The van der Waals surface area contributed by atoms with Gasteiger partial charge in [0, 0.05) is 22.0 Å². The summed E-state index contributed by atoms with van der Waals surface area (Å²) in [7, 11) is -3.04. The molecule has 1 aromatic carbocycles. The highest BCUT2D eigenvalue weighted by molar-refractivity contribution is 9.10. The smallest absolute Gasteiger partial charge is 0.150 e. The highest BCUT2D eigenvalue weighted by Gasteiger charge is 2.33. The zero-order valence-corrected chi connectivity index (χ0v) is 13.8. The lowest BCUT2D eigenvalue weighted by Gasteiger charge is -2.32. The minimum absolute atomic E-state index is 0.0555. The molecule has 1 saturated carbocycles. The summed E-state index contributed by atoms with van der Waals surface area (Å²) < 4.78 is 24.3. The van der Waals surface area contributed by atoms with Crippen molar-refractivity contribution >= 4 is 31.5 Å². The Morgan fingerprint density at radius 3 is 2.75 bits per heavy atom. The fourth-order valence-corrected chi connectivity index (χ4v) is 4.48. The molecule has 6 heteroatoms. The van der Waals surface area contributed by atoms with Crippen molar-refractivity contribution in [1.29, 1.82) is 0 Å². The van der Waals surface area contributed by atoms with Gasteiger partial charge in [-0.05, 0) is 43.4 Å². The first kappa shape index (κ1) is 15.8. The lowest BCUT2D eigenvalue weighted by molar-refractivity contribution is 0.0863. The molecule has 0 radical (unpaired) electrons. The number of sulfone groups is 1. The summed E-state index contributed by atoms with van der Waals surface area (Å²) in [5, 5.41) is 10.2. The third-order valence-electron chi connectivity index (χ3n) is 4.09. The van der Waals surface area contributed by atoms with E-state index < -0.39 is 15.9 Å². The molecule has 0 aromatic heterocycles. The first-order valence-electron chi connectivity index (χ1n) is 6.71. The van der Waals surface area contributed by atoms with Crippen LogP contribution in [0.4, 0.5) is 5.69 Å². The van der Waals surface area contributed by atoms with E-state index in [0.717, 1.165) is 17.3 Å². The number of aliphatic hydroxyl groups excluding tert-OH is 1. The molecular formula is C14H20BrNO3S. The number of benzene rings is 1. The molecule has 20 heavy (non-hydrogen) atoms. The molecule has 0 spiro atoms. The Morgan fingerprint density at radius 1 is 1.40 bits per heavy atom. The minimum Gasteiger partial charge on any atom is -0.398 e. The van der Waals surface area contributed by atoms with E-state index in [1.807, 2.05) is 12.1 Å². The van der Waals surface area contributed by atoms with Crippen molar-refractivity contribution in [2.45, 2.75) is 37.0 Å². The lowest BCUT2D eigenvalue weighted by atomic mass is 9.82. The number of aliphatic hydroxyl groups is 1. The molecule has 112 valence electrons. The molecule has 0 aliphatic heterocycles. The van der Waals surface area contributed by atoms with Gasteiger partial charge in [-0.25, -0.2) is 8.42 Å². The van der Waals surface area contributed by atoms with Crippen LogP contribution in [0.5, 0.6) is 0 Å². The number of nitrogens with two attached hydrogens (primary N) is 1. The van der Waals surface area contributed by atoms with Crippen molar-refractivity contribution in [3.05, 3.63) is 28.2 Å². The summed E-state index contributed by atoms with van der Waals surface area (Å²) >= 11 is 3.37. The Kier molecular flexibility index (Phi) is 4.76. The molecule has 0 bridgehead atoms. The average molecular weight is 362 g/mol. The van der Waals surface area contributed by atoms with Crippen LogP contribution in [-0.2, 0) is 9.84 Å². The van der Waals surface area contributed by atoms with Gasteiger partial charge in [-0.2, -0.15) is 0 Å². The third kappa shape index (κ3) is 3.54. The van der Waals surface area contributed by atoms with Gasteiger partial charge in [0.15, 0.2) is 0 Å². The van der Waals surface area contributed by atoms with E-state index in [9.17, 15) is 13.5 Å². The second kappa shape index (κ2) is 6.03. The molecule has 1 aromatic rings. The molecule has 3 atom stereocenters. The summed E-state index contributed by atoms with van der Waals surface area (Å²) in [6.07, 6.45) is 3.42. The van der Waals surface area contributed by atoms with Crippen LogP contribution in [-0.4, -0.2) is 25.0 Å². The van der Waals surface area contributed by atoms with Crippen LogP contribution in [0, 0.1) is 5.92 Å². The van der Waals surface area contributed by atoms with Gasteiger partial charge in [-0.15, -0.1) is 0 Å². The molecule has 0 saturated heterocycles. The summed E-state index contributed by atoms with van der Waals surface area (Å²) in [5.74, 6) is -0.0555. The Morgan fingerprint density at radius 2 is 2.10 bits per heavy atom. The van der Waals surface area contributed by atoms with Crippen molar-refractivity contribution in [3.63, 3.8) is 0 Å². The second-order valence-corrected chi connectivity index (χ2v) is 8.84. The van der Waals surface area contributed by atoms with Crippen LogP contribution in [0.3, 0.4) is 0 Å². The van der Waals surface area contributed by atoms with E-state index in [1.165, 1.54) is 6.26 Å². The van der Waals surface area contributed by atoms with E-state index in [2.05, 4.69) is 15.9 Å². The van der Waals surface area contributed by atoms with Crippen LogP contribution >= 0.6 is 15.9 Å². The van der Waals surface area contributed by atoms with Crippen molar-refractivity contribution in [2.75, 3.05) is 12.0 Å². The van der Waals surface area contributed by atoms with E-state index in [0.29, 0.717) is 24.1 Å². The van der Waals surface area contributed by atoms with E-state index in [1.54, 1.807) is 6.07 Å². The number of nitrogen functional groups attached to an aromatic ring is 1. The Hall–Kier alpha value is -0.590. The number of halogens is 1. The molecule has 0 heterocycles. The number of hydrogen-bond acceptors (Lipinski definition) is 4. The van der Waals surface area contributed by atoms with Gasteiger partial charge in [-0.3, -0.25) is 0 Å². The predicted octanol–water partition coefficient (Wildman–Crippen LogP) is 2.67. The summed E-state index contributed by atoms with van der Waals surface area (Å²) in [6, 6.07) is 5.38. The van der Waals surface area contributed by atoms with E-state index in [-0.39, 0.29) is 11.2 Å². The predicted molar refractivity (Wildman–Crippen MR) is 84.1 cm³/mol. The number of anilines is 1. The first-order chi connectivity index (χ1) is 9.29. The third-order valence-corrected chi connectivity index (χ3v) is 6.22. The summed E-state index contributed by atoms with van der Waals surface area (Å²) in [5.41, 5.74) is 7.14. The average Bonchev–Trinajstić information content (AvgIpc) is 2.40. The highest BCUT2D eigenvalue weighted by atomic mass is 79.9. The minimum atomic E-state index is -3.04. The maximum atomic E-state index is 11.7. The molecule has 3 unspecified atom stereocenters. The van der Waals surface area contributed by atoms with Crippen LogP contribution in [0.15, 0.2) is 22.7 Å². The Balaban J connectivity index is 2.20. The van der Waals surface area contributed by atoms with E-state index >= 15 is 0 Å². The van der Waals surface area contributed by atoms with Gasteiger partial charge < -0.3 is 10.8 Å². The van der Waals surface area contributed by atoms with Gasteiger partial charge in [0.05, 0.1) is 11.4 Å². The van der Waals surface area contributed by atoms with Gasteiger partial charge in [0.25, 0.3) is 0 Å². The molecule has 1 aliphatic carbocycles. The van der Waals surface area contributed by atoms with Crippen molar-refractivity contribution in [1.82, 2.24) is 0 Å². The van der Waals surface area contributed by atoms with Gasteiger partial charge in [0.1, 0.15) is 9.84 Å². The maximum absolute atomic E-state index is 11.7. The second-order valence-electron chi connectivity index (χ2n) is 5.60. The van der Waals surface area contributed by atoms with Crippen LogP contribution in [0.2, 0.25) is 0 Å². The van der Waals surface area contributed by atoms with Crippen LogP contribution in [0.1, 0.15) is 37.4 Å². The SMILES string of the molecule is CS(=O)(=O)C1CCCC(C(O)c2cc(Br)ccc2N)C1. The normalized spacial score (nSPS) is 25.4. The highest BCUT2D eigenvalue weighted by Crippen LogP contribution is 2.39. The quantitative estimate of drug-likeness (QED) is 0.811. The van der Waals surface area contributed by atoms with Crippen molar-refractivity contribution in [2.24, 2.45) is 5.92 Å². The molecule has 3 N–H and O–H groups in total. The van der Waals surface area contributed by atoms with Crippen molar-refractivity contribution < 1.29 is 13.5 Å². The number of hydrogen-bond donors (Lipinski definition) is 2. The largest absolute Gasteiger partial charge is 0.398 e. The first-order valence-corrected chi connectivity index (χ1v) is 9.45. The van der Waals surface area contributed by atoms with Gasteiger partial charge in [-0.1, -0.05) is 22.4 Å². The molecule has 1 aliphatic rings. The topological polar surface area (TPSA) is 80.4 Å². The molecule has 2 rings (SSSR count). The molecule has 0 amide bonds. The zero-order chi connectivity index (χ0) is 14.9. The monoisotopic (exact) mass is 361 g/mol. The lowest BCUT2D eigenvalue weighted by Crippen LogP contribution is -2.30. The standard InChI is InChI=1S/C14H20BrNO3S/c1-20(18,19)11-4-2-3-9(7-11)14(17)12-8-10(15)5-6-13(12)16/h5-6,8-9,11,14,17H,2-4,7,16H2,1H3. The summed E-state index contributed by atoms with van der Waals surface area (Å²) in [6.45, 7) is 0. The Bertz CT molecular complexity index is 588. The molecule has 4 nitrogen and oxygen atoms in total. The van der Waals surface area contributed by atoms with Gasteiger partial charge >= 0.3 is 0 Å².